The van der Waals surface area contributed by atoms with Gasteiger partial charge in [0, 0.05) is 12.5 Å². The lowest BCUT2D eigenvalue weighted by molar-refractivity contribution is 0.171. The van der Waals surface area contributed by atoms with Crippen molar-refractivity contribution >= 4 is 0 Å². The van der Waals surface area contributed by atoms with Gasteiger partial charge in [-0.05, 0) is 30.5 Å². The number of rotatable bonds is 1. The largest absolute Gasteiger partial charge is 0.328 e. The second-order valence-electron chi connectivity index (χ2n) is 4.10. The standard InChI is InChI=1S/C11H12F3N/c12-9-2-1-7(5-10(9)13)11(14)4-3-8(15)6-11/h1-2,5,8H,3-4,6,15H2. The minimum Gasteiger partial charge on any atom is -0.328 e. The first-order valence-corrected chi connectivity index (χ1v) is 4.91. The number of alkyl halides is 1. The fourth-order valence-electron chi connectivity index (χ4n) is 2.07. The average molecular weight is 215 g/mol. The van der Waals surface area contributed by atoms with Crippen LogP contribution in [0.25, 0.3) is 0 Å². The molecule has 1 fully saturated rings. The van der Waals surface area contributed by atoms with Crippen LogP contribution < -0.4 is 5.73 Å². The summed E-state index contributed by atoms with van der Waals surface area (Å²) in [7, 11) is 0. The van der Waals surface area contributed by atoms with Gasteiger partial charge in [-0.15, -0.1) is 0 Å². The quantitative estimate of drug-likeness (QED) is 0.765. The fourth-order valence-corrected chi connectivity index (χ4v) is 2.07. The molecule has 0 aliphatic heterocycles. The van der Waals surface area contributed by atoms with Crippen molar-refractivity contribution in [2.24, 2.45) is 5.73 Å². The maximum absolute atomic E-state index is 14.2. The maximum Gasteiger partial charge on any atom is 0.159 e. The molecule has 1 aromatic carbocycles. The van der Waals surface area contributed by atoms with E-state index in [0.29, 0.717) is 6.42 Å². The Morgan fingerprint density at radius 1 is 1.27 bits per heavy atom. The van der Waals surface area contributed by atoms with Crippen LogP contribution in [0.1, 0.15) is 24.8 Å². The van der Waals surface area contributed by atoms with Crippen molar-refractivity contribution in [2.45, 2.75) is 31.0 Å². The summed E-state index contributed by atoms with van der Waals surface area (Å²) in [6.45, 7) is 0. The molecule has 2 unspecified atom stereocenters. The molecule has 1 saturated carbocycles. The van der Waals surface area contributed by atoms with Crippen LogP contribution in [0.3, 0.4) is 0 Å². The van der Waals surface area contributed by atoms with E-state index in [9.17, 15) is 13.2 Å². The summed E-state index contributed by atoms with van der Waals surface area (Å²) < 4.78 is 39.8. The summed E-state index contributed by atoms with van der Waals surface area (Å²) >= 11 is 0. The lowest BCUT2D eigenvalue weighted by atomic mass is 9.94. The summed E-state index contributed by atoms with van der Waals surface area (Å²) in [5.74, 6) is -1.96. The molecule has 82 valence electrons. The highest BCUT2D eigenvalue weighted by Gasteiger charge is 2.39. The van der Waals surface area contributed by atoms with Crippen LogP contribution in [0, 0.1) is 11.6 Å². The molecule has 0 amide bonds. The Labute approximate surface area is 86.1 Å². The van der Waals surface area contributed by atoms with Crippen molar-refractivity contribution in [1.82, 2.24) is 0 Å². The van der Waals surface area contributed by atoms with E-state index < -0.39 is 17.3 Å². The summed E-state index contributed by atoms with van der Waals surface area (Å²) in [5, 5.41) is 0. The smallest absolute Gasteiger partial charge is 0.159 e. The topological polar surface area (TPSA) is 26.0 Å². The molecule has 0 spiro atoms. The third-order valence-corrected chi connectivity index (χ3v) is 2.93. The van der Waals surface area contributed by atoms with Gasteiger partial charge in [-0.25, -0.2) is 13.2 Å². The molecule has 2 N–H and O–H groups in total. The molecule has 0 saturated heterocycles. The molecule has 0 aromatic heterocycles. The number of halogens is 3. The Hall–Kier alpha value is -1.03. The van der Waals surface area contributed by atoms with Crippen molar-refractivity contribution in [3.8, 4) is 0 Å². The first-order chi connectivity index (χ1) is 7.01. The summed E-state index contributed by atoms with van der Waals surface area (Å²) in [6, 6.07) is 2.97. The Morgan fingerprint density at radius 2 is 2.00 bits per heavy atom. The van der Waals surface area contributed by atoms with E-state index in [1.54, 1.807) is 0 Å². The van der Waals surface area contributed by atoms with E-state index in [2.05, 4.69) is 0 Å². The molecule has 15 heavy (non-hydrogen) atoms. The van der Waals surface area contributed by atoms with E-state index >= 15 is 0 Å². The van der Waals surface area contributed by atoms with Crippen molar-refractivity contribution in [2.75, 3.05) is 0 Å². The van der Waals surface area contributed by atoms with Gasteiger partial charge in [-0.1, -0.05) is 6.07 Å². The zero-order valence-electron chi connectivity index (χ0n) is 8.14. The first-order valence-electron chi connectivity index (χ1n) is 4.91. The van der Waals surface area contributed by atoms with Crippen LogP contribution in [0.2, 0.25) is 0 Å². The predicted octanol–water partition coefficient (Wildman–Crippen LogP) is 2.64. The van der Waals surface area contributed by atoms with Crippen molar-refractivity contribution in [3.05, 3.63) is 35.4 Å². The van der Waals surface area contributed by atoms with Gasteiger partial charge in [-0.2, -0.15) is 0 Å². The minimum absolute atomic E-state index is 0.179. The maximum atomic E-state index is 14.2. The van der Waals surface area contributed by atoms with Gasteiger partial charge in [0.05, 0.1) is 0 Å². The summed E-state index contributed by atoms with van der Waals surface area (Å²) in [4.78, 5) is 0. The third kappa shape index (κ3) is 1.86. The van der Waals surface area contributed by atoms with Crippen LogP contribution in [0.15, 0.2) is 18.2 Å². The van der Waals surface area contributed by atoms with Crippen LogP contribution in [-0.2, 0) is 5.67 Å². The van der Waals surface area contributed by atoms with E-state index in [4.69, 9.17) is 5.73 Å². The molecular weight excluding hydrogens is 203 g/mol. The Kier molecular flexibility index (Phi) is 2.46. The lowest BCUT2D eigenvalue weighted by Gasteiger charge is -2.19. The van der Waals surface area contributed by atoms with Gasteiger partial charge in [0.2, 0.25) is 0 Å². The molecule has 0 heterocycles. The van der Waals surface area contributed by atoms with Crippen molar-refractivity contribution in [3.63, 3.8) is 0 Å². The number of hydrogen-bond donors (Lipinski definition) is 1. The van der Waals surface area contributed by atoms with Crippen LogP contribution in [0.5, 0.6) is 0 Å². The summed E-state index contributed by atoms with van der Waals surface area (Å²) in [5.41, 5.74) is 4.21. The van der Waals surface area contributed by atoms with Crippen LogP contribution >= 0.6 is 0 Å². The molecule has 1 aromatic rings. The highest BCUT2D eigenvalue weighted by Crippen LogP contribution is 2.42. The molecule has 4 heteroatoms. The molecule has 0 radical (unpaired) electrons. The van der Waals surface area contributed by atoms with Crippen LogP contribution in [0.4, 0.5) is 13.2 Å². The predicted molar refractivity (Wildman–Crippen MR) is 51.0 cm³/mol. The second kappa shape index (κ2) is 3.52. The molecule has 1 nitrogen and oxygen atoms in total. The number of hydrogen-bond acceptors (Lipinski definition) is 1. The van der Waals surface area contributed by atoms with E-state index in [-0.39, 0.29) is 24.4 Å². The van der Waals surface area contributed by atoms with Gasteiger partial charge in [-0.3, -0.25) is 0 Å². The molecular formula is C11H12F3N. The normalized spacial score (nSPS) is 30.8. The lowest BCUT2D eigenvalue weighted by Crippen LogP contribution is -2.21. The molecule has 0 bridgehead atoms. The van der Waals surface area contributed by atoms with E-state index in [0.717, 1.165) is 12.1 Å². The van der Waals surface area contributed by atoms with Crippen LogP contribution in [-0.4, -0.2) is 6.04 Å². The van der Waals surface area contributed by atoms with Crippen molar-refractivity contribution in [1.29, 1.82) is 0 Å². The average Bonchev–Trinajstić information content (AvgIpc) is 2.52. The monoisotopic (exact) mass is 215 g/mol. The Bertz CT molecular complexity index is 380. The molecule has 2 rings (SSSR count). The number of nitrogens with two attached hydrogens (primary N) is 1. The van der Waals surface area contributed by atoms with Crippen molar-refractivity contribution < 1.29 is 13.2 Å². The van der Waals surface area contributed by atoms with E-state index in [1.165, 1.54) is 6.07 Å². The minimum atomic E-state index is -1.59. The van der Waals surface area contributed by atoms with Gasteiger partial charge in [0.25, 0.3) is 0 Å². The fraction of sp³-hybridized carbons (Fsp3) is 0.455. The third-order valence-electron chi connectivity index (χ3n) is 2.93. The highest BCUT2D eigenvalue weighted by atomic mass is 19.2. The first kappa shape index (κ1) is 10.5. The molecule has 1 aliphatic carbocycles. The zero-order valence-corrected chi connectivity index (χ0v) is 8.14. The molecule has 2 atom stereocenters. The Morgan fingerprint density at radius 3 is 2.53 bits per heavy atom. The number of benzene rings is 1. The second-order valence-corrected chi connectivity index (χ2v) is 4.10. The zero-order chi connectivity index (χ0) is 11.1. The van der Waals surface area contributed by atoms with Gasteiger partial charge in [0.15, 0.2) is 11.6 Å². The summed E-state index contributed by atoms with van der Waals surface area (Å²) in [6.07, 6.45) is 1.03. The molecule has 1 aliphatic rings. The van der Waals surface area contributed by atoms with Gasteiger partial charge in [0.1, 0.15) is 5.67 Å². The Balaban J connectivity index is 2.33. The SMILES string of the molecule is NC1CCC(F)(c2ccc(F)c(F)c2)C1. The van der Waals surface area contributed by atoms with E-state index in [1.807, 2.05) is 0 Å². The van der Waals surface area contributed by atoms with Gasteiger partial charge >= 0.3 is 0 Å². The van der Waals surface area contributed by atoms with Gasteiger partial charge < -0.3 is 5.73 Å². The highest BCUT2D eigenvalue weighted by molar-refractivity contribution is 5.26.